The number of rotatable bonds is 8. The lowest BCUT2D eigenvalue weighted by Crippen LogP contribution is -2.46. The largest absolute Gasteiger partial charge is 0.304 e. The van der Waals surface area contributed by atoms with Gasteiger partial charge in [-0.15, -0.1) is 0 Å². The molecule has 6 heteroatoms. The van der Waals surface area contributed by atoms with Crippen LogP contribution in [-0.4, -0.2) is 64.5 Å². The Kier molecular flexibility index (Phi) is 7.22. The van der Waals surface area contributed by atoms with Crippen molar-refractivity contribution < 1.29 is 8.42 Å². The third-order valence-corrected chi connectivity index (χ3v) is 6.00. The van der Waals surface area contributed by atoms with E-state index in [0.717, 1.165) is 45.6 Å². The molecule has 1 aliphatic rings. The Labute approximate surface area is 147 Å². The predicted octanol–water partition coefficient (Wildman–Crippen LogP) is 1.80. The smallest absolute Gasteiger partial charge is 0.240 e. The maximum absolute atomic E-state index is 12.4. The van der Waals surface area contributed by atoms with E-state index >= 15 is 0 Å². The zero-order valence-corrected chi connectivity index (χ0v) is 16.0. The Bertz CT molecular complexity index is 593. The first-order valence-corrected chi connectivity index (χ1v) is 10.4. The third-order valence-electron chi connectivity index (χ3n) is 4.56. The summed E-state index contributed by atoms with van der Waals surface area (Å²) >= 11 is 0. The first-order chi connectivity index (χ1) is 11.4. The molecule has 0 spiro atoms. The Morgan fingerprint density at radius 3 is 2.33 bits per heavy atom. The van der Waals surface area contributed by atoms with Crippen LogP contribution in [0.5, 0.6) is 0 Å². The van der Waals surface area contributed by atoms with Crippen LogP contribution in [0.3, 0.4) is 0 Å². The molecule has 5 nitrogen and oxygen atoms in total. The van der Waals surface area contributed by atoms with E-state index in [2.05, 4.69) is 35.4 Å². The fourth-order valence-electron chi connectivity index (χ4n) is 3.00. The minimum atomic E-state index is -3.41. The second-order valence-electron chi connectivity index (χ2n) is 6.95. The summed E-state index contributed by atoms with van der Waals surface area (Å²) in [6.07, 6.45) is 2.05. The van der Waals surface area contributed by atoms with E-state index < -0.39 is 10.0 Å². The van der Waals surface area contributed by atoms with Crippen molar-refractivity contribution in [3.8, 4) is 0 Å². The molecule has 1 heterocycles. The standard InChI is InChI=1S/C18H31N3O2S/c1-4-5-17-6-8-18(9-7-17)24(22,23)19-14-16(2)15-21-12-10-20(3)11-13-21/h6-9,16,19H,4-5,10-15H2,1-3H3. The van der Waals surface area contributed by atoms with Crippen molar-refractivity contribution in [2.75, 3.05) is 46.3 Å². The fourth-order valence-corrected chi connectivity index (χ4v) is 4.16. The number of nitrogens with zero attached hydrogens (tertiary/aromatic N) is 2. The molecule has 1 aromatic carbocycles. The van der Waals surface area contributed by atoms with E-state index in [1.54, 1.807) is 12.1 Å². The van der Waals surface area contributed by atoms with Crippen LogP contribution in [-0.2, 0) is 16.4 Å². The maximum atomic E-state index is 12.4. The van der Waals surface area contributed by atoms with Crippen LogP contribution < -0.4 is 4.72 Å². The summed E-state index contributed by atoms with van der Waals surface area (Å²) in [5, 5.41) is 0. The summed E-state index contributed by atoms with van der Waals surface area (Å²) in [6.45, 7) is 9.93. The highest BCUT2D eigenvalue weighted by molar-refractivity contribution is 7.89. The molecular weight excluding hydrogens is 322 g/mol. The highest BCUT2D eigenvalue weighted by Gasteiger charge is 2.19. The molecule has 1 aromatic rings. The zero-order valence-electron chi connectivity index (χ0n) is 15.2. The highest BCUT2D eigenvalue weighted by atomic mass is 32.2. The summed E-state index contributed by atoms with van der Waals surface area (Å²) < 4.78 is 27.6. The summed E-state index contributed by atoms with van der Waals surface area (Å²) in [4.78, 5) is 5.10. The average Bonchev–Trinajstić information content (AvgIpc) is 2.56. The van der Waals surface area contributed by atoms with Gasteiger partial charge in [-0.05, 0) is 37.1 Å². The van der Waals surface area contributed by atoms with Gasteiger partial charge in [0.1, 0.15) is 0 Å². The quantitative estimate of drug-likeness (QED) is 0.774. The van der Waals surface area contributed by atoms with Gasteiger partial charge in [-0.25, -0.2) is 13.1 Å². The summed E-state index contributed by atoms with van der Waals surface area (Å²) in [5.74, 6) is 0.294. The van der Waals surface area contributed by atoms with Crippen LogP contribution in [0.1, 0.15) is 25.8 Å². The topological polar surface area (TPSA) is 52.7 Å². The SMILES string of the molecule is CCCc1ccc(S(=O)(=O)NCC(C)CN2CCN(C)CC2)cc1. The molecule has 2 rings (SSSR count). The van der Waals surface area contributed by atoms with Crippen molar-refractivity contribution in [1.29, 1.82) is 0 Å². The van der Waals surface area contributed by atoms with Crippen molar-refractivity contribution in [1.82, 2.24) is 14.5 Å². The monoisotopic (exact) mass is 353 g/mol. The average molecular weight is 354 g/mol. The lowest BCUT2D eigenvalue weighted by Gasteiger charge is -2.33. The number of sulfonamides is 1. The van der Waals surface area contributed by atoms with Gasteiger partial charge in [-0.3, -0.25) is 0 Å². The minimum absolute atomic E-state index is 0.294. The minimum Gasteiger partial charge on any atom is -0.304 e. The van der Waals surface area contributed by atoms with Gasteiger partial charge in [-0.1, -0.05) is 32.4 Å². The van der Waals surface area contributed by atoms with Gasteiger partial charge in [0.15, 0.2) is 0 Å². The van der Waals surface area contributed by atoms with E-state index in [1.807, 2.05) is 12.1 Å². The lowest BCUT2D eigenvalue weighted by atomic mass is 10.1. The van der Waals surface area contributed by atoms with Crippen LogP contribution in [0.2, 0.25) is 0 Å². The summed E-state index contributed by atoms with van der Waals surface area (Å²) in [7, 11) is -1.27. The second kappa shape index (κ2) is 8.94. The van der Waals surface area contributed by atoms with Gasteiger partial charge in [-0.2, -0.15) is 0 Å². The molecule has 136 valence electrons. The Balaban J connectivity index is 1.83. The summed E-state index contributed by atoms with van der Waals surface area (Å²) in [5.41, 5.74) is 1.18. The molecule has 1 unspecified atom stereocenters. The second-order valence-corrected chi connectivity index (χ2v) is 8.72. The maximum Gasteiger partial charge on any atom is 0.240 e. The van der Waals surface area contributed by atoms with E-state index in [4.69, 9.17) is 0 Å². The number of nitrogens with one attached hydrogen (secondary N) is 1. The van der Waals surface area contributed by atoms with E-state index in [-0.39, 0.29) is 0 Å². The number of piperazine rings is 1. The van der Waals surface area contributed by atoms with Crippen LogP contribution >= 0.6 is 0 Å². The molecule has 1 N–H and O–H groups in total. The molecule has 0 aromatic heterocycles. The molecule has 0 bridgehead atoms. The van der Waals surface area contributed by atoms with Crippen molar-refractivity contribution in [2.45, 2.75) is 31.6 Å². The van der Waals surface area contributed by atoms with Crippen LogP contribution in [0, 0.1) is 5.92 Å². The van der Waals surface area contributed by atoms with E-state index in [0.29, 0.717) is 17.4 Å². The number of likely N-dealkylation sites (N-methyl/N-ethyl adjacent to an activating group) is 1. The van der Waals surface area contributed by atoms with Crippen molar-refractivity contribution in [3.05, 3.63) is 29.8 Å². The van der Waals surface area contributed by atoms with Gasteiger partial charge >= 0.3 is 0 Å². The first-order valence-electron chi connectivity index (χ1n) is 8.90. The Hall–Kier alpha value is -0.950. The summed E-state index contributed by atoms with van der Waals surface area (Å²) in [6, 6.07) is 7.23. The molecule has 0 amide bonds. The molecular formula is C18H31N3O2S. The van der Waals surface area contributed by atoms with Crippen molar-refractivity contribution in [3.63, 3.8) is 0 Å². The number of hydrogen-bond acceptors (Lipinski definition) is 4. The Morgan fingerprint density at radius 1 is 1.12 bits per heavy atom. The van der Waals surface area contributed by atoms with Gasteiger partial charge in [0.2, 0.25) is 10.0 Å². The Morgan fingerprint density at radius 2 is 1.75 bits per heavy atom. The highest BCUT2D eigenvalue weighted by Crippen LogP contribution is 2.12. The zero-order chi connectivity index (χ0) is 17.6. The normalized spacial score (nSPS) is 18.6. The third kappa shape index (κ3) is 5.84. The van der Waals surface area contributed by atoms with Crippen molar-refractivity contribution >= 4 is 10.0 Å². The molecule has 0 saturated carbocycles. The molecule has 0 radical (unpaired) electrons. The van der Waals surface area contributed by atoms with Gasteiger partial charge in [0.05, 0.1) is 4.90 Å². The van der Waals surface area contributed by atoms with E-state index in [1.165, 1.54) is 5.56 Å². The van der Waals surface area contributed by atoms with Crippen molar-refractivity contribution in [2.24, 2.45) is 5.92 Å². The molecule has 1 saturated heterocycles. The lowest BCUT2D eigenvalue weighted by molar-refractivity contribution is 0.139. The number of aryl methyl sites for hydroxylation is 1. The van der Waals surface area contributed by atoms with Crippen LogP contribution in [0.25, 0.3) is 0 Å². The molecule has 0 aliphatic carbocycles. The van der Waals surface area contributed by atoms with Crippen LogP contribution in [0.15, 0.2) is 29.2 Å². The van der Waals surface area contributed by atoms with Crippen LogP contribution in [0.4, 0.5) is 0 Å². The number of benzene rings is 1. The van der Waals surface area contributed by atoms with Gasteiger partial charge < -0.3 is 9.80 Å². The van der Waals surface area contributed by atoms with E-state index in [9.17, 15) is 8.42 Å². The fraction of sp³-hybridized carbons (Fsp3) is 0.667. The molecule has 1 atom stereocenters. The number of hydrogen-bond donors (Lipinski definition) is 1. The first kappa shape index (κ1) is 19.4. The van der Waals surface area contributed by atoms with Gasteiger partial charge in [0, 0.05) is 39.3 Å². The molecule has 1 aliphatic heterocycles. The molecule has 24 heavy (non-hydrogen) atoms. The van der Waals surface area contributed by atoms with Gasteiger partial charge in [0.25, 0.3) is 0 Å². The molecule has 1 fully saturated rings. The predicted molar refractivity (Wildman–Crippen MR) is 98.7 cm³/mol.